The van der Waals surface area contributed by atoms with E-state index in [2.05, 4.69) is 11.9 Å². The van der Waals surface area contributed by atoms with Gasteiger partial charge in [-0.15, -0.1) is 18.3 Å². The van der Waals surface area contributed by atoms with Gasteiger partial charge in [-0.2, -0.15) is 0 Å². The molecule has 3 rings (SSSR count). The lowest BCUT2D eigenvalue weighted by Gasteiger charge is -2.45. The van der Waals surface area contributed by atoms with Crippen LogP contribution in [-0.2, 0) is 23.8 Å². The number of hydrogen-bond donors (Lipinski definition) is 2. The smallest absolute Gasteiger partial charge is 0.252 e. The number of aliphatic hydroxyl groups is 1. The van der Waals surface area contributed by atoms with Crippen LogP contribution in [0.2, 0.25) is 0 Å². The summed E-state index contributed by atoms with van der Waals surface area (Å²) in [5, 5.41) is 13.9. The molecule has 198 valence electrons. The van der Waals surface area contributed by atoms with E-state index < -0.39 is 42.2 Å². The zero-order valence-electron chi connectivity index (χ0n) is 21.9. The summed E-state index contributed by atoms with van der Waals surface area (Å²) in [6, 6.07) is 6.82. The largest absolute Gasteiger partial charge is 0.387 e. The molecule has 2 amide bonds. The van der Waals surface area contributed by atoms with Crippen molar-refractivity contribution < 1.29 is 28.9 Å². The molecule has 5 atom stereocenters. The van der Waals surface area contributed by atoms with Crippen LogP contribution in [0, 0.1) is 5.41 Å². The summed E-state index contributed by atoms with van der Waals surface area (Å²) in [4.78, 5) is 29.4. The summed E-state index contributed by atoms with van der Waals surface area (Å²) in [5.41, 5.74) is 0.664. The van der Waals surface area contributed by atoms with Gasteiger partial charge < -0.3 is 29.5 Å². The number of carbonyl (C=O) groups excluding carboxylic acids is 2. The van der Waals surface area contributed by atoms with Crippen molar-refractivity contribution in [3.05, 3.63) is 49.1 Å². The molecule has 36 heavy (non-hydrogen) atoms. The molecule has 8 nitrogen and oxygen atoms in total. The average molecular weight is 519 g/mol. The predicted octanol–water partition coefficient (Wildman–Crippen LogP) is 3.29. The van der Waals surface area contributed by atoms with Gasteiger partial charge in [-0.25, -0.2) is 0 Å². The van der Waals surface area contributed by atoms with Gasteiger partial charge in [-0.1, -0.05) is 51.1 Å². The number of ether oxygens (including phenoxy) is 3. The Balaban J connectivity index is 1.81. The van der Waals surface area contributed by atoms with Gasteiger partial charge in [0.2, 0.25) is 0 Å². The summed E-state index contributed by atoms with van der Waals surface area (Å²) in [6.45, 7) is 13.7. The van der Waals surface area contributed by atoms with Gasteiger partial charge in [-0.3, -0.25) is 9.59 Å². The minimum atomic E-state index is -1.16. The topological polar surface area (TPSA) is 97.3 Å². The van der Waals surface area contributed by atoms with Crippen LogP contribution in [-0.4, -0.2) is 72.6 Å². The Morgan fingerprint density at radius 3 is 2.69 bits per heavy atom. The Labute approximate surface area is 218 Å². The number of anilines is 1. The van der Waals surface area contributed by atoms with Crippen molar-refractivity contribution in [1.82, 2.24) is 5.32 Å². The van der Waals surface area contributed by atoms with Crippen molar-refractivity contribution in [2.45, 2.75) is 75.8 Å². The first-order valence-corrected chi connectivity index (χ1v) is 13.1. The number of amides is 2. The fourth-order valence-corrected chi connectivity index (χ4v) is 5.28. The summed E-state index contributed by atoms with van der Waals surface area (Å²) >= 11 is 1.50. The van der Waals surface area contributed by atoms with Gasteiger partial charge in [0.1, 0.15) is 24.4 Å². The standard InChI is InChI=1S/C27H38N2O6S/c1-8-15-29-18-11-9-10-12-20(18)36-16-17(25(29)32)28-24(31)23(33-7)22-21(30)19(13-14-26(2,3)4)34-27(5,6)35-22/h8-14,17,19,21-23,30H,1,15-16H2,2-7H3,(H,28,31)/t17?,19-,21+,22-,23-/m1/s1. The second kappa shape index (κ2) is 11.5. The van der Waals surface area contributed by atoms with E-state index in [4.69, 9.17) is 14.2 Å². The molecule has 1 aromatic carbocycles. The second-order valence-corrected chi connectivity index (χ2v) is 11.6. The van der Waals surface area contributed by atoms with Crippen molar-refractivity contribution >= 4 is 29.3 Å². The molecule has 0 saturated carbocycles. The van der Waals surface area contributed by atoms with Crippen molar-refractivity contribution in [3.63, 3.8) is 0 Å². The maximum absolute atomic E-state index is 13.4. The Morgan fingerprint density at radius 1 is 1.36 bits per heavy atom. The highest BCUT2D eigenvalue weighted by Crippen LogP contribution is 2.35. The minimum Gasteiger partial charge on any atom is -0.387 e. The minimum absolute atomic E-state index is 0.120. The first kappa shape index (κ1) is 28.4. The molecule has 1 unspecified atom stereocenters. The van der Waals surface area contributed by atoms with E-state index in [1.165, 1.54) is 18.9 Å². The van der Waals surface area contributed by atoms with Gasteiger partial charge in [0, 0.05) is 24.3 Å². The molecule has 9 heteroatoms. The molecule has 0 aromatic heterocycles. The molecule has 0 spiro atoms. The lowest BCUT2D eigenvalue weighted by atomic mass is 9.93. The molecule has 1 fully saturated rings. The quantitative estimate of drug-likeness (QED) is 0.535. The van der Waals surface area contributed by atoms with E-state index in [0.717, 1.165) is 10.6 Å². The van der Waals surface area contributed by atoms with Gasteiger partial charge in [0.25, 0.3) is 11.8 Å². The average Bonchev–Trinajstić information content (AvgIpc) is 2.92. The van der Waals surface area contributed by atoms with Gasteiger partial charge in [0.05, 0.1) is 5.69 Å². The van der Waals surface area contributed by atoms with E-state index in [1.54, 1.807) is 30.9 Å². The zero-order valence-corrected chi connectivity index (χ0v) is 22.7. The normalized spacial score (nSPS) is 27.3. The van der Waals surface area contributed by atoms with Crippen LogP contribution in [0.5, 0.6) is 0 Å². The van der Waals surface area contributed by atoms with Crippen LogP contribution in [0.15, 0.2) is 54.0 Å². The molecule has 1 saturated heterocycles. The molecule has 0 aliphatic carbocycles. The predicted molar refractivity (Wildman–Crippen MR) is 141 cm³/mol. The second-order valence-electron chi connectivity index (χ2n) is 10.5. The van der Waals surface area contributed by atoms with Crippen LogP contribution in [0.25, 0.3) is 0 Å². The highest BCUT2D eigenvalue weighted by atomic mass is 32.2. The SMILES string of the molecule is C=CCN1C(=O)C(NC(=O)[C@H](OC)[C@@H]2OC(C)(C)O[C@H](C=CC(C)(C)C)[C@@H]2O)CSc2ccccc21. The number of carbonyl (C=O) groups is 2. The van der Waals surface area contributed by atoms with Crippen LogP contribution in [0.4, 0.5) is 5.69 Å². The number of para-hydroxylation sites is 1. The fraction of sp³-hybridized carbons (Fsp3) is 0.556. The molecular weight excluding hydrogens is 480 g/mol. The van der Waals surface area contributed by atoms with Crippen LogP contribution < -0.4 is 10.2 Å². The Morgan fingerprint density at radius 2 is 2.06 bits per heavy atom. The Kier molecular flexibility index (Phi) is 9.06. The number of rotatable bonds is 7. The highest BCUT2D eigenvalue weighted by Gasteiger charge is 2.48. The zero-order chi connectivity index (χ0) is 26.7. The molecule has 0 radical (unpaired) electrons. The number of nitrogens with zero attached hydrogens (tertiary/aromatic N) is 1. The third-order valence-corrected chi connectivity index (χ3v) is 7.02. The molecule has 2 aliphatic heterocycles. The molecule has 0 bridgehead atoms. The lowest BCUT2D eigenvalue weighted by Crippen LogP contribution is -2.62. The summed E-state index contributed by atoms with van der Waals surface area (Å²) < 4.78 is 17.4. The maximum atomic E-state index is 13.4. The number of allylic oxidation sites excluding steroid dienone is 1. The van der Waals surface area contributed by atoms with E-state index in [0.29, 0.717) is 12.3 Å². The Bertz CT molecular complexity index is 989. The number of hydrogen-bond acceptors (Lipinski definition) is 7. The van der Waals surface area contributed by atoms with E-state index in [1.807, 2.05) is 51.1 Å². The van der Waals surface area contributed by atoms with Crippen molar-refractivity contribution in [2.75, 3.05) is 24.3 Å². The van der Waals surface area contributed by atoms with Gasteiger partial charge in [-0.05, 0) is 31.4 Å². The number of aliphatic hydroxyl groups excluding tert-OH is 1. The number of nitrogens with one attached hydrogen (secondary N) is 1. The van der Waals surface area contributed by atoms with E-state index in [9.17, 15) is 14.7 Å². The Hall–Kier alpha value is -2.17. The number of methoxy groups -OCH3 is 1. The molecular formula is C27H38N2O6S. The number of thioether (sulfide) groups is 1. The lowest BCUT2D eigenvalue weighted by molar-refractivity contribution is -0.334. The third kappa shape index (κ3) is 6.77. The molecule has 2 N–H and O–H groups in total. The number of fused-ring (bicyclic) bond motifs is 1. The van der Waals surface area contributed by atoms with Crippen LogP contribution in [0.1, 0.15) is 34.6 Å². The van der Waals surface area contributed by atoms with E-state index in [-0.39, 0.29) is 11.3 Å². The first-order chi connectivity index (χ1) is 16.9. The molecule has 2 aliphatic rings. The third-order valence-electron chi connectivity index (χ3n) is 5.86. The highest BCUT2D eigenvalue weighted by molar-refractivity contribution is 7.99. The summed E-state index contributed by atoms with van der Waals surface area (Å²) in [6.07, 6.45) is 1.37. The van der Waals surface area contributed by atoms with Crippen molar-refractivity contribution in [3.8, 4) is 0 Å². The van der Waals surface area contributed by atoms with Crippen molar-refractivity contribution in [1.29, 1.82) is 0 Å². The van der Waals surface area contributed by atoms with Gasteiger partial charge >= 0.3 is 0 Å². The number of benzene rings is 1. The monoisotopic (exact) mass is 518 g/mol. The fourth-order valence-electron chi connectivity index (χ4n) is 4.21. The molecule has 2 heterocycles. The maximum Gasteiger partial charge on any atom is 0.252 e. The van der Waals surface area contributed by atoms with Crippen molar-refractivity contribution in [2.24, 2.45) is 5.41 Å². The van der Waals surface area contributed by atoms with Crippen LogP contribution in [0.3, 0.4) is 0 Å². The van der Waals surface area contributed by atoms with E-state index >= 15 is 0 Å². The van der Waals surface area contributed by atoms with Crippen LogP contribution >= 0.6 is 11.8 Å². The summed E-state index contributed by atoms with van der Waals surface area (Å²) in [7, 11) is 1.38. The van der Waals surface area contributed by atoms with Gasteiger partial charge in [0.15, 0.2) is 11.9 Å². The summed E-state index contributed by atoms with van der Waals surface area (Å²) in [5.74, 6) is -1.49. The molecule has 1 aromatic rings. The first-order valence-electron chi connectivity index (χ1n) is 12.1.